The van der Waals surface area contributed by atoms with E-state index in [1.165, 1.54) is 0 Å². The lowest BCUT2D eigenvalue weighted by Crippen LogP contribution is -1.90. The summed E-state index contributed by atoms with van der Waals surface area (Å²) in [5, 5.41) is 9.07. The molecule has 11 heavy (non-hydrogen) atoms. The summed E-state index contributed by atoms with van der Waals surface area (Å²) in [7, 11) is 0. The van der Waals surface area contributed by atoms with Crippen molar-refractivity contribution in [2.45, 2.75) is 33.6 Å². The molecule has 0 unspecified atom stereocenters. The molecule has 0 heterocycles. The van der Waals surface area contributed by atoms with Gasteiger partial charge in [-0.15, -0.1) is 0 Å². The molecule has 1 nitrogen and oxygen atoms in total. The van der Waals surface area contributed by atoms with Gasteiger partial charge in [-0.1, -0.05) is 19.9 Å². The van der Waals surface area contributed by atoms with Gasteiger partial charge in [0.05, 0.1) is 0 Å². The Balaban J connectivity index is 3.88. The van der Waals surface area contributed by atoms with E-state index in [1.54, 1.807) is 12.2 Å². The van der Waals surface area contributed by atoms with Gasteiger partial charge < -0.3 is 5.11 Å². The van der Waals surface area contributed by atoms with Crippen LogP contribution in [0.25, 0.3) is 0 Å². The fraction of sp³-hybridized carbons (Fsp3) is 0.600. The second kappa shape index (κ2) is 6.02. The van der Waals surface area contributed by atoms with E-state index in [-0.39, 0.29) is 0 Å². The van der Waals surface area contributed by atoms with E-state index in [9.17, 15) is 0 Å². The summed E-state index contributed by atoms with van der Waals surface area (Å²) >= 11 is 0. The van der Waals surface area contributed by atoms with Crippen LogP contribution in [0, 0.1) is 5.92 Å². The van der Waals surface area contributed by atoms with E-state index in [2.05, 4.69) is 19.9 Å². The lowest BCUT2D eigenvalue weighted by Gasteiger charge is -2.03. The zero-order chi connectivity index (χ0) is 8.69. The zero-order valence-electron chi connectivity index (χ0n) is 7.67. The SMILES string of the molecule is C/C=C(O)\C=C/C(CC)CC. The molecule has 0 saturated heterocycles. The van der Waals surface area contributed by atoms with Crippen LogP contribution in [0.15, 0.2) is 24.0 Å². The predicted octanol–water partition coefficient (Wildman–Crippen LogP) is 3.44. The van der Waals surface area contributed by atoms with Crippen molar-refractivity contribution in [1.82, 2.24) is 0 Å². The molecule has 0 aromatic rings. The third-order valence-electron chi connectivity index (χ3n) is 1.88. The van der Waals surface area contributed by atoms with Crippen molar-refractivity contribution < 1.29 is 5.11 Å². The fourth-order valence-electron chi connectivity index (χ4n) is 0.892. The number of hydrogen-bond acceptors (Lipinski definition) is 1. The first kappa shape index (κ1) is 10.3. The molecule has 0 saturated carbocycles. The highest BCUT2D eigenvalue weighted by Crippen LogP contribution is 2.09. The first-order chi connectivity index (χ1) is 5.24. The third kappa shape index (κ3) is 4.65. The highest BCUT2D eigenvalue weighted by Gasteiger charge is 1.95. The van der Waals surface area contributed by atoms with E-state index in [0.29, 0.717) is 11.7 Å². The van der Waals surface area contributed by atoms with Gasteiger partial charge in [0.1, 0.15) is 5.76 Å². The average Bonchev–Trinajstić information content (AvgIpc) is 2.06. The molecule has 64 valence electrons. The van der Waals surface area contributed by atoms with Crippen LogP contribution in [0.1, 0.15) is 33.6 Å². The number of rotatable bonds is 4. The highest BCUT2D eigenvalue weighted by molar-refractivity contribution is 5.10. The van der Waals surface area contributed by atoms with Crippen molar-refractivity contribution in [3.63, 3.8) is 0 Å². The second-order valence-corrected chi connectivity index (χ2v) is 2.65. The van der Waals surface area contributed by atoms with Crippen LogP contribution < -0.4 is 0 Å². The Bertz CT molecular complexity index is 141. The molecule has 1 N–H and O–H groups in total. The summed E-state index contributed by atoms with van der Waals surface area (Å²) in [5.41, 5.74) is 0. The van der Waals surface area contributed by atoms with Crippen molar-refractivity contribution >= 4 is 0 Å². The minimum Gasteiger partial charge on any atom is -0.508 e. The summed E-state index contributed by atoms with van der Waals surface area (Å²) in [6, 6.07) is 0. The van der Waals surface area contributed by atoms with Gasteiger partial charge in [0.15, 0.2) is 0 Å². The average molecular weight is 154 g/mol. The summed E-state index contributed by atoms with van der Waals surface area (Å²) in [6.07, 6.45) is 7.82. The second-order valence-electron chi connectivity index (χ2n) is 2.65. The van der Waals surface area contributed by atoms with Gasteiger partial charge in [0.2, 0.25) is 0 Å². The van der Waals surface area contributed by atoms with Gasteiger partial charge in [-0.25, -0.2) is 0 Å². The van der Waals surface area contributed by atoms with Gasteiger partial charge in [-0.3, -0.25) is 0 Å². The molecule has 0 spiro atoms. The van der Waals surface area contributed by atoms with Crippen molar-refractivity contribution in [1.29, 1.82) is 0 Å². The fourth-order valence-corrected chi connectivity index (χ4v) is 0.892. The quantitative estimate of drug-likeness (QED) is 0.486. The number of allylic oxidation sites excluding steroid dienone is 3. The zero-order valence-corrected chi connectivity index (χ0v) is 7.67. The Hall–Kier alpha value is -0.720. The van der Waals surface area contributed by atoms with Crippen LogP contribution in [-0.2, 0) is 0 Å². The minimum atomic E-state index is 0.358. The van der Waals surface area contributed by atoms with E-state index < -0.39 is 0 Å². The molecule has 0 aliphatic rings. The van der Waals surface area contributed by atoms with Crippen LogP contribution in [0.3, 0.4) is 0 Å². The standard InChI is InChI=1S/C10H18O/c1-4-9(5-2)7-8-10(11)6-3/h6-9,11H,4-5H2,1-3H3/b8-7-,10-6+. The van der Waals surface area contributed by atoms with Crippen molar-refractivity contribution in [3.05, 3.63) is 24.0 Å². The molecule has 0 aromatic heterocycles. The maximum Gasteiger partial charge on any atom is 0.111 e. The summed E-state index contributed by atoms with van der Waals surface area (Å²) in [4.78, 5) is 0. The van der Waals surface area contributed by atoms with Crippen molar-refractivity contribution in [3.8, 4) is 0 Å². The number of aliphatic hydroxyl groups is 1. The van der Waals surface area contributed by atoms with E-state index >= 15 is 0 Å². The molecule has 0 rings (SSSR count). The largest absolute Gasteiger partial charge is 0.508 e. The summed E-state index contributed by atoms with van der Waals surface area (Å²) in [5.74, 6) is 0.967. The van der Waals surface area contributed by atoms with Gasteiger partial charge in [0, 0.05) is 0 Å². The summed E-state index contributed by atoms with van der Waals surface area (Å²) < 4.78 is 0. The Morgan fingerprint density at radius 3 is 2.27 bits per heavy atom. The van der Waals surface area contributed by atoms with Gasteiger partial charge in [0.25, 0.3) is 0 Å². The Morgan fingerprint density at radius 1 is 1.36 bits per heavy atom. The molecule has 0 radical (unpaired) electrons. The smallest absolute Gasteiger partial charge is 0.111 e. The maximum atomic E-state index is 9.07. The Morgan fingerprint density at radius 2 is 1.91 bits per heavy atom. The number of hydrogen-bond donors (Lipinski definition) is 1. The van der Waals surface area contributed by atoms with Crippen LogP contribution >= 0.6 is 0 Å². The molecule has 0 fully saturated rings. The maximum absolute atomic E-state index is 9.07. The van der Waals surface area contributed by atoms with Gasteiger partial charge in [-0.2, -0.15) is 0 Å². The van der Waals surface area contributed by atoms with Crippen LogP contribution in [0.5, 0.6) is 0 Å². The van der Waals surface area contributed by atoms with E-state index in [4.69, 9.17) is 5.11 Å². The monoisotopic (exact) mass is 154 g/mol. The third-order valence-corrected chi connectivity index (χ3v) is 1.88. The highest BCUT2D eigenvalue weighted by atomic mass is 16.3. The van der Waals surface area contributed by atoms with Crippen LogP contribution in [0.2, 0.25) is 0 Å². The van der Waals surface area contributed by atoms with Gasteiger partial charge >= 0.3 is 0 Å². The summed E-state index contributed by atoms with van der Waals surface area (Å²) in [6.45, 7) is 6.14. The number of aliphatic hydroxyl groups excluding tert-OH is 1. The molecular formula is C10H18O. The molecule has 0 aromatic carbocycles. The molecule has 0 amide bonds. The predicted molar refractivity (Wildman–Crippen MR) is 49.6 cm³/mol. The minimum absolute atomic E-state index is 0.358. The van der Waals surface area contributed by atoms with Crippen LogP contribution in [-0.4, -0.2) is 5.11 Å². The van der Waals surface area contributed by atoms with Gasteiger partial charge in [-0.05, 0) is 37.8 Å². The lowest BCUT2D eigenvalue weighted by molar-refractivity contribution is 0.430. The van der Waals surface area contributed by atoms with E-state index in [1.807, 2.05) is 6.92 Å². The molecule has 0 atom stereocenters. The lowest BCUT2D eigenvalue weighted by atomic mass is 10.0. The molecule has 0 bridgehead atoms. The molecule has 1 heteroatoms. The molecular weight excluding hydrogens is 136 g/mol. The Kier molecular flexibility index (Phi) is 5.63. The first-order valence-corrected chi connectivity index (χ1v) is 4.28. The normalized spacial score (nSPS) is 13.3. The first-order valence-electron chi connectivity index (χ1n) is 4.28. The van der Waals surface area contributed by atoms with E-state index in [0.717, 1.165) is 12.8 Å². The van der Waals surface area contributed by atoms with Crippen molar-refractivity contribution in [2.24, 2.45) is 5.92 Å². The Labute approximate surface area is 69.4 Å². The van der Waals surface area contributed by atoms with Crippen LogP contribution in [0.4, 0.5) is 0 Å². The molecule has 0 aliphatic heterocycles. The topological polar surface area (TPSA) is 20.2 Å². The van der Waals surface area contributed by atoms with Crippen molar-refractivity contribution in [2.75, 3.05) is 0 Å². The molecule has 0 aliphatic carbocycles.